The van der Waals surface area contributed by atoms with E-state index in [0.29, 0.717) is 18.5 Å². The molecule has 2 aliphatic rings. The smallest absolute Gasteiger partial charge is 0.325 e. The van der Waals surface area contributed by atoms with Crippen LogP contribution in [0.3, 0.4) is 0 Å². The number of esters is 1. The summed E-state index contributed by atoms with van der Waals surface area (Å²) in [5, 5.41) is 0. The molecule has 4 unspecified atom stereocenters. The lowest BCUT2D eigenvalue weighted by Crippen LogP contribution is -2.57. The van der Waals surface area contributed by atoms with E-state index in [1.165, 1.54) is 7.11 Å². The topological polar surface area (TPSA) is 64.8 Å². The van der Waals surface area contributed by atoms with E-state index in [9.17, 15) is 4.79 Å². The minimum absolute atomic E-state index is 0.261. The fraction of sp³-hybridized carbons (Fsp3) is 0.929. The number of hydrogen-bond donors (Lipinski definition) is 1. The van der Waals surface area contributed by atoms with E-state index < -0.39 is 5.54 Å². The van der Waals surface area contributed by atoms with Gasteiger partial charge >= 0.3 is 5.97 Å². The van der Waals surface area contributed by atoms with Gasteiger partial charge in [0.1, 0.15) is 5.54 Å². The SMILES string of the molecule is COC(=O)C1(N)CCCC(N(C)C2CCOC2C)C1. The maximum absolute atomic E-state index is 11.9. The number of rotatable bonds is 3. The van der Waals surface area contributed by atoms with Crippen LogP contribution in [0.4, 0.5) is 0 Å². The number of carbonyl (C=O) groups is 1. The Kier molecular flexibility index (Phi) is 4.48. The van der Waals surface area contributed by atoms with E-state index in [1.54, 1.807) is 0 Å². The zero-order chi connectivity index (χ0) is 14.0. The Bertz CT molecular complexity index is 337. The molecule has 0 aromatic heterocycles. The molecule has 110 valence electrons. The highest BCUT2D eigenvalue weighted by molar-refractivity contribution is 5.80. The van der Waals surface area contributed by atoms with E-state index in [0.717, 1.165) is 32.3 Å². The predicted molar refractivity (Wildman–Crippen MR) is 72.8 cm³/mol. The molecule has 0 aromatic rings. The van der Waals surface area contributed by atoms with Crippen LogP contribution in [0.2, 0.25) is 0 Å². The molecule has 1 heterocycles. The van der Waals surface area contributed by atoms with Crippen LogP contribution in [-0.4, -0.2) is 55.4 Å². The molecule has 0 spiro atoms. The monoisotopic (exact) mass is 270 g/mol. The second-order valence-electron chi connectivity index (χ2n) is 6.00. The molecule has 0 amide bonds. The molecule has 1 aliphatic heterocycles. The van der Waals surface area contributed by atoms with Crippen molar-refractivity contribution in [1.82, 2.24) is 4.90 Å². The van der Waals surface area contributed by atoms with Crippen molar-refractivity contribution in [2.75, 3.05) is 20.8 Å². The van der Waals surface area contributed by atoms with Gasteiger partial charge in [-0.2, -0.15) is 0 Å². The molecule has 1 saturated carbocycles. The van der Waals surface area contributed by atoms with Crippen molar-refractivity contribution >= 4 is 5.97 Å². The lowest BCUT2D eigenvalue weighted by atomic mass is 9.78. The Morgan fingerprint density at radius 2 is 2.21 bits per heavy atom. The summed E-state index contributed by atoms with van der Waals surface area (Å²) in [6.45, 7) is 2.95. The van der Waals surface area contributed by atoms with Crippen molar-refractivity contribution in [3.63, 3.8) is 0 Å². The Labute approximate surface area is 115 Å². The standard InChI is InChI=1S/C14H26N2O3/c1-10-12(6-8-19-10)16(2)11-5-4-7-14(15,9-11)13(17)18-3/h10-12H,4-9,15H2,1-3H3. The van der Waals surface area contributed by atoms with Crippen molar-refractivity contribution < 1.29 is 14.3 Å². The molecule has 1 saturated heterocycles. The zero-order valence-corrected chi connectivity index (χ0v) is 12.2. The van der Waals surface area contributed by atoms with Crippen molar-refractivity contribution in [3.05, 3.63) is 0 Å². The number of ether oxygens (including phenoxy) is 2. The Hall–Kier alpha value is -0.650. The first-order valence-electron chi connectivity index (χ1n) is 7.19. The van der Waals surface area contributed by atoms with Gasteiger partial charge in [-0.25, -0.2) is 0 Å². The Morgan fingerprint density at radius 1 is 1.47 bits per heavy atom. The zero-order valence-electron chi connectivity index (χ0n) is 12.2. The lowest BCUT2D eigenvalue weighted by Gasteiger charge is -2.42. The summed E-state index contributed by atoms with van der Waals surface area (Å²) in [6.07, 6.45) is 4.79. The second kappa shape index (κ2) is 5.77. The van der Waals surface area contributed by atoms with Gasteiger partial charge in [0.05, 0.1) is 13.2 Å². The van der Waals surface area contributed by atoms with Crippen molar-refractivity contribution in [3.8, 4) is 0 Å². The molecule has 0 bridgehead atoms. The van der Waals surface area contributed by atoms with Crippen molar-refractivity contribution in [2.24, 2.45) is 5.73 Å². The molecule has 2 fully saturated rings. The third-order valence-corrected chi connectivity index (χ3v) is 4.79. The highest BCUT2D eigenvalue weighted by Gasteiger charge is 2.43. The van der Waals surface area contributed by atoms with E-state index in [-0.39, 0.29) is 12.1 Å². The summed E-state index contributed by atoms with van der Waals surface area (Å²) in [5.74, 6) is -0.277. The van der Waals surface area contributed by atoms with Gasteiger partial charge in [0.2, 0.25) is 0 Å². The third kappa shape index (κ3) is 2.93. The number of likely N-dealkylation sites (N-methyl/N-ethyl adjacent to an activating group) is 1. The van der Waals surface area contributed by atoms with Gasteiger partial charge in [-0.05, 0) is 46.1 Å². The van der Waals surface area contributed by atoms with Crippen LogP contribution in [0.25, 0.3) is 0 Å². The van der Waals surface area contributed by atoms with Crippen molar-refractivity contribution in [1.29, 1.82) is 0 Å². The van der Waals surface area contributed by atoms with Crippen LogP contribution < -0.4 is 5.73 Å². The average Bonchev–Trinajstić information content (AvgIpc) is 2.83. The van der Waals surface area contributed by atoms with Gasteiger partial charge in [0.25, 0.3) is 0 Å². The third-order valence-electron chi connectivity index (χ3n) is 4.79. The summed E-state index contributed by atoms with van der Waals surface area (Å²) in [5.41, 5.74) is 5.43. The molecule has 2 N–H and O–H groups in total. The van der Waals surface area contributed by atoms with E-state index in [4.69, 9.17) is 15.2 Å². The molecule has 2 rings (SSSR count). The van der Waals surface area contributed by atoms with Crippen LogP contribution in [0.15, 0.2) is 0 Å². The fourth-order valence-electron chi connectivity index (χ4n) is 3.54. The summed E-state index contributed by atoms with van der Waals surface area (Å²) < 4.78 is 10.5. The van der Waals surface area contributed by atoms with Crippen LogP contribution >= 0.6 is 0 Å². The van der Waals surface area contributed by atoms with Gasteiger partial charge < -0.3 is 15.2 Å². The van der Waals surface area contributed by atoms with Gasteiger partial charge in [-0.3, -0.25) is 9.69 Å². The molecule has 4 atom stereocenters. The first-order chi connectivity index (χ1) is 8.98. The van der Waals surface area contributed by atoms with Gasteiger partial charge in [0, 0.05) is 18.7 Å². The van der Waals surface area contributed by atoms with Gasteiger partial charge in [-0.15, -0.1) is 0 Å². The Balaban J connectivity index is 2.02. The Morgan fingerprint density at radius 3 is 2.79 bits per heavy atom. The molecule has 1 aliphatic carbocycles. The van der Waals surface area contributed by atoms with Crippen LogP contribution in [0, 0.1) is 0 Å². The van der Waals surface area contributed by atoms with Crippen LogP contribution in [-0.2, 0) is 14.3 Å². The first kappa shape index (κ1) is 14.8. The van der Waals surface area contributed by atoms with Gasteiger partial charge in [-0.1, -0.05) is 0 Å². The first-order valence-corrected chi connectivity index (χ1v) is 7.19. The van der Waals surface area contributed by atoms with E-state index >= 15 is 0 Å². The average molecular weight is 270 g/mol. The quantitative estimate of drug-likeness (QED) is 0.772. The van der Waals surface area contributed by atoms with Gasteiger partial charge in [0.15, 0.2) is 0 Å². The highest BCUT2D eigenvalue weighted by atomic mass is 16.5. The molecule has 5 nitrogen and oxygen atoms in total. The maximum atomic E-state index is 11.9. The summed E-state index contributed by atoms with van der Waals surface area (Å²) in [7, 11) is 3.54. The maximum Gasteiger partial charge on any atom is 0.325 e. The largest absolute Gasteiger partial charge is 0.468 e. The molecular weight excluding hydrogens is 244 g/mol. The predicted octanol–water partition coefficient (Wildman–Crippen LogP) is 0.909. The normalized spacial score (nSPS) is 39.5. The minimum Gasteiger partial charge on any atom is -0.468 e. The molecule has 0 radical (unpaired) electrons. The summed E-state index contributed by atoms with van der Waals surface area (Å²) in [6, 6.07) is 0.775. The van der Waals surface area contributed by atoms with Crippen LogP contribution in [0.5, 0.6) is 0 Å². The summed E-state index contributed by atoms with van der Waals surface area (Å²) in [4.78, 5) is 14.2. The number of methoxy groups -OCH3 is 1. The van der Waals surface area contributed by atoms with E-state index in [2.05, 4.69) is 18.9 Å². The summed E-state index contributed by atoms with van der Waals surface area (Å²) >= 11 is 0. The number of nitrogens with zero attached hydrogens (tertiary/aromatic N) is 1. The molecule has 19 heavy (non-hydrogen) atoms. The molecule has 0 aromatic carbocycles. The molecule has 5 heteroatoms. The minimum atomic E-state index is -0.811. The highest BCUT2D eigenvalue weighted by Crippen LogP contribution is 2.32. The number of hydrogen-bond acceptors (Lipinski definition) is 5. The van der Waals surface area contributed by atoms with E-state index in [1.807, 2.05) is 0 Å². The van der Waals surface area contributed by atoms with Crippen LogP contribution in [0.1, 0.15) is 39.0 Å². The molecular formula is C14H26N2O3. The number of nitrogens with two attached hydrogens (primary N) is 1. The number of carbonyl (C=O) groups excluding carboxylic acids is 1. The second-order valence-corrected chi connectivity index (χ2v) is 6.00. The fourth-order valence-corrected chi connectivity index (χ4v) is 3.54. The lowest BCUT2D eigenvalue weighted by molar-refractivity contribution is -0.149. The van der Waals surface area contributed by atoms with Crippen molar-refractivity contribution in [2.45, 2.75) is 62.8 Å².